The van der Waals surface area contributed by atoms with E-state index in [0.29, 0.717) is 39.1 Å². The zero-order valence-corrected chi connectivity index (χ0v) is 29.3. The monoisotopic (exact) mass is 672 g/mol. The van der Waals surface area contributed by atoms with Gasteiger partial charge in [0.2, 0.25) is 11.8 Å². The lowest BCUT2D eigenvalue weighted by atomic mass is 9.74. The molecule has 256 valence electrons. The predicted molar refractivity (Wildman–Crippen MR) is 193 cm³/mol. The van der Waals surface area contributed by atoms with Crippen LogP contribution in [0.2, 0.25) is 0 Å². The lowest BCUT2D eigenvalue weighted by Crippen LogP contribution is -2.53. The summed E-state index contributed by atoms with van der Waals surface area (Å²) >= 11 is 1.60. The smallest absolute Gasteiger partial charge is 0.251 e. The Morgan fingerprint density at radius 1 is 0.812 bits per heavy atom. The minimum absolute atomic E-state index is 0.0847. The number of carbonyl (C=O) groups excluding carboxylic acids is 3. The molecule has 4 aliphatic rings. The molecule has 0 radical (unpaired) electrons. The van der Waals surface area contributed by atoms with Crippen molar-refractivity contribution >= 4 is 46.5 Å². The van der Waals surface area contributed by atoms with Gasteiger partial charge in [0.25, 0.3) is 5.91 Å². The fourth-order valence-corrected chi connectivity index (χ4v) is 10.3. The lowest BCUT2D eigenvalue weighted by Gasteiger charge is -2.37. The third kappa shape index (κ3) is 5.81. The van der Waals surface area contributed by atoms with E-state index in [1.807, 2.05) is 62.4 Å². The molecular weight excluding hydrogens is 625 g/mol. The number of hydrogen-bond acceptors (Lipinski definition) is 7. The van der Waals surface area contributed by atoms with Gasteiger partial charge in [-0.05, 0) is 95.5 Å². The van der Waals surface area contributed by atoms with Gasteiger partial charge in [-0.2, -0.15) is 0 Å². The van der Waals surface area contributed by atoms with E-state index >= 15 is 0 Å². The Labute approximate surface area is 288 Å². The molecule has 4 aliphatic heterocycles. The van der Waals surface area contributed by atoms with E-state index in [0.717, 1.165) is 42.3 Å². The number of thioether (sulfide) groups is 1. The average Bonchev–Trinajstić information content (AvgIpc) is 3.35. The van der Waals surface area contributed by atoms with Crippen LogP contribution in [0.4, 0.5) is 17.1 Å². The van der Waals surface area contributed by atoms with Crippen molar-refractivity contribution in [2.24, 2.45) is 11.8 Å². The van der Waals surface area contributed by atoms with Crippen molar-refractivity contribution in [3.8, 4) is 5.75 Å². The molecule has 3 amide bonds. The van der Waals surface area contributed by atoms with E-state index in [4.69, 9.17) is 4.74 Å². The van der Waals surface area contributed by atoms with Crippen molar-refractivity contribution in [3.05, 3.63) is 72.8 Å². The van der Waals surface area contributed by atoms with E-state index in [9.17, 15) is 19.5 Å². The molecule has 1 spiro atoms. The molecule has 0 aliphatic carbocycles. The second-order valence-corrected chi connectivity index (χ2v) is 14.9. The van der Waals surface area contributed by atoms with E-state index in [-0.39, 0.29) is 24.3 Å². The number of amides is 3. The molecule has 48 heavy (non-hydrogen) atoms. The highest BCUT2D eigenvalue weighted by atomic mass is 32.2. The molecular formula is C38H48N4O5S. The fourth-order valence-electron chi connectivity index (χ4n) is 8.12. The standard InChI is InChI=1S/C38H48N4O5S/c1-5-39(6-2)27-13-15-28(16-14-27)41-25-12-22-38-32(35(45)42(33(38)36(41)46)23-9-8-10-26-43)31-34(44)40(24-11-21-37(31,4)48-38)29-17-19-30(20-18-29)47-7-3/h11-22,31-33,43H,5-10,23-26H2,1-4H3/t31-,32+,33?,37+,38+/m1/s1. The maximum absolute atomic E-state index is 14.9. The van der Waals surface area contributed by atoms with Gasteiger partial charge in [-0.1, -0.05) is 24.3 Å². The van der Waals surface area contributed by atoms with Gasteiger partial charge in [-0.25, -0.2) is 0 Å². The molecule has 1 unspecified atom stereocenters. The normalized spacial score (nSPS) is 27.9. The molecule has 10 heteroatoms. The maximum atomic E-state index is 14.9. The van der Waals surface area contributed by atoms with Gasteiger partial charge in [0, 0.05) is 61.1 Å². The molecule has 4 heterocycles. The summed E-state index contributed by atoms with van der Waals surface area (Å²) in [5.41, 5.74) is 2.63. The number of unbranched alkanes of at least 4 members (excludes halogenated alkanes) is 2. The Kier molecular flexibility index (Phi) is 9.95. The molecule has 2 aromatic rings. The number of likely N-dealkylation sites (tertiary alicyclic amines) is 1. The first kappa shape index (κ1) is 34.1. The molecule has 5 atom stereocenters. The molecule has 0 saturated carbocycles. The van der Waals surface area contributed by atoms with Crippen molar-refractivity contribution in [3.63, 3.8) is 0 Å². The zero-order valence-electron chi connectivity index (χ0n) is 28.5. The number of aliphatic hydroxyl groups excluding tert-OH is 1. The Morgan fingerprint density at radius 3 is 2.06 bits per heavy atom. The number of ether oxygens (including phenoxy) is 1. The molecule has 1 N–H and O–H groups in total. The SMILES string of the molecule is CCOc1ccc(N2CC=C[C@]3(C)S[C@]45C=CCN(c6ccc(N(CC)CC)cc6)C(=O)C4N(CCCCCO)C(=O)[C@@H]5[C@@H]3C2=O)cc1. The van der Waals surface area contributed by atoms with E-state index in [2.05, 4.69) is 43.0 Å². The highest BCUT2D eigenvalue weighted by Gasteiger charge is 2.74. The van der Waals surface area contributed by atoms with Crippen molar-refractivity contribution in [1.29, 1.82) is 0 Å². The summed E-state index contributed by atoms with van der Waals surface area (Å²) in [6.45, 7) is 11.8. The minimum Gasteiger partial charge on any atom is -0.494 e. The Bertz CT molecular complexity index is 1560. The van der Waals surface area contributed by atoms with E-state index < -0.39 is 27.4 Å². The number of anilines is 3. The van der Waals surface area contributed by atoms with Crippen LogP contribution in [0.25, 0.3) is 0 Å². The molecule has 0 aromatic heterocycles. The molecule has 9 nitrogen and oxygen atoms in total. The van der Waals surface area contributed by atoms with Gasteiger partial charge in [-0.3, -0.25) is 14.4 Å². The third-order valence-corrected chi connectivity index (χ3v) is 12.2. The van der Waals surface area contributed by atoms with Crippen LogP contribution in [0.1, 0.15) is 47.0 Å². The number of nitrogens with zero attached hydrogens (tertiary/aromatic N) is 4. The lowest BCUT2D eigenvalue weighted by molar-refractivity contribution is -0.139. The van der Waals surface area contributed by atoms with Gasteiger partial charge in [-0.15, -0.1) is 11.8 Å². The summed E-state index contributed by atoms with van der Waals surface area (Å²) in [5, 5.41) is 9.42. The summed E-state index contributed by atoms with van der Waals surface area (Å²) < 4.78 is 4.03. The highest BCUT2D eigenvalue weighted by Crippen LogP contribution is 2.65. The number of fused-ring (bicyclic) bond motifs is 2. The Morgan fingerprint density at radius 2 is 1.44 bits per heavy atom. The van der Waals surface area contributed by atoms with Crippen LogP contribution in [0.3, 0.4) is 0 Å². The van der Waals surface area contributed by atoms with Crippen molar-refractivity contribution in [1.82, 2.24) is 4.90 Å². The summed E-state index contributed by atoms with van der Waals surface area (Å²) in [7, 11) is 0. The fraction of sp³-hybridized carbons (Fsp3) is 0.500. The van der Waals surface area contributed by atoms with E-state index in [1.165, 1.54) is 0 Å². The van der Waals surface area contributed by atoms with Crippen LogP contribution in [0, 0.1) is 11.8 Å². The first-order valence-electron chi connectivity index (χ1n) is 17.4. The summed E-state index contributed by atoms with van der Waals surface area (Å²) in [4.78, 5) is 51.9. The van der Waals surface area contributed by atoms with Gasteiger partial charge in [0.15, 0.2) is 0 Å². The van der Waals surface area contributed by atoms with Crippen LogP contribution in [-0.2, 0) is 14.4 Å². The molecule has 2 fully saturated rings. The third-order valence-electron chi connectivity index (χ3n) is 10.4. The van der Waals surface area contributed by atoms with Crippen molar-refractivity contribution in [2.75, 3.05) is 60.6 Å². The second kappa shape index (κ2) is 14.0. The minimum atomic E-state index is -0.914. The number of aliphatic hydroxyl groups is 1. The number of carbonyl (C=O) groups is 3. The average molecular weight is 673 g/mol. The van der Waals surface area contributed by atoms with Crippen molar-refractivity contribution < 1.29 is 24.2 Å². The van der Waals surface area contributed by atoms with E-state index in [1.54, 1.807) is 26.5 Å². The van der Waals surface area contributed by atoms with Gasteiger partial charge in [0.05, 0.1) is 23.2 Å². The van der Waals surface area contributed by atoms with Gasteiger partial charge < -0.3 is 29.4 Å². The molecule has 2 saturated heterocycles. The Hall–Kier alpha value is -3.76. The van der Waals surface area contributed by atoms with Gasteiger partial charge in [0.1, 0.15) is 11.8 Å². The van der Waals surface area contributed by atoms with Crippen LogP contribution in [0.5, 0.6) is 5.75 Å². The summed E-state index contributed by atoms with van der Waals surface area (Å²) in [6, 6.07) is 14.8. The first-order chi connectivity index (χ1) is 23.2. The largest absolute Gasteiger partial charge is 0.494 e. The summed E-state index contributed by atoms with van der Waals surface area (Å²) in [6.07, 6.45) is 10.2. The number of hydrogen-bond donors (Lipinski definition) is 1. The summed E-state index contributed by atoms with van der Waals surface area (Å²) in [5.74, 6) is -1.01. The van der Waals surface area contributed by atoms with Crippen LogP contribution < -0.4 is 19.4 Å². The maximum Gasteiger partial charge on any atom is 0.251 e. The molecule has 6 rings (SSSR count). The molecule has 2 aromatic carbocycles. The number of benzene rings is 2. The van der Waals surface area contributed by atoms with Gasteiger partial charge >= 0.3 is 0 Å². The van der Waals surface area contributed by atoms with Crippen molar-refractivity contribution in [2.45, 2.75) is 62.5 Å². The van der Waals surface area contributed by atoms with Crippen LogP contribution in [-0.4, -0.2) is 89.2 Å². The molecule has 0 bridgehead atoms. The number of rotatable bonds is 12. The quantitative estimate of drug-likeness (QED) is 0.242. The topological polar surface area (TPSA) is 93.6 Å². The van der Waals surface area contributed by atoms with Crippen LogP contribution >= 0.6 is 11.8 Å². The second-order valence-electron chi connectivity index (χ2n) is 13.1. The Balaban J connectivity index is 1.38. The zero-order chi connectivity index (χ0) is 34.1. The highest BCUT2D eigenvalue weighted by molar-refractivity contribution is 8.02. The van der Waals surface area contributed by atoms with Crippen LogP contribution in [0.15, 0.2) is 72.8 Å². The predicted octanol–water partition coefficient (Wildman–Crippen LogP) is 5.29. The first-order valence-corrected chi connectivity index (χ1v) is 18.2.